The van der Waals surface area contributed by atoms with Crippen molar-refractivity contribution in [3.63, 3.8) is 0 Å². The molecular formula is C27H24BrClN2O3S. The van der Waals surface area contributed by atoms with Crippen LogP contribution < -0.4 is 4.74 Å². The summed E-state index contributed by atoms with van der Waals surface area (Å²) in [6.45, 7) is 3.80. The van der Waals surface area contributed by atoms with Gasteiger partial charge in [-0.2, -0.15) is 0 Å². The van der Waals surface area contributed by atoms with E-state index in [9.17, 15) is 4.79 Å². The third kappa shape index (κ3) is 6.76. The Balaban J connectivity index is 1.56. The zero-order valence-electron chi connectivity index (χ0n) is 19.1. The standard InChI is InChI=1S/C27H24BrClN2O3S/c1-2-33-14-13-31-26(32)24(35-27(31)30-21-11-7-4-8-12-21)17-20-15-22(28)25(23(29)16-20)34-18-19-9-5-3-6-10-19/h3-12,15-17H,2,13-14,18H2,1H3/b24-17-,30-27?. The maximum Gasteiger partial charge on any atom is 0.266 e. The number of thioether (sulfide) groups is 1. The van der Waals surface area contributed by atoms with Gasteiger partial charge in [0.25, 0.3) is 5.91 Å². The maximum absolute atomic E-state index is 13.2. The lowest BCUT2D eigenvalue weighted by Crippen LogP contribution is -2.32. The molecular weight excluding hydrogens is 548 g/mol. The van der Waals surface area contributed by atoms with Crippen LogP contribution in [-0.2, 0) is 16.1 Å². The summed E-state index contributed by atoms with van der Waals surface area (Å²) in [7, 11) is 0. The van der Waals surface area contributed by atoms with Gasteiger partial charge in [0.2, 0.25) is 0 Å². The van der Waals surface area contributed by atoms with Crippen LogP contribution in [0.3, 0.4) is 0 Å². The van der Waals surface area contributed by atoms with Crippen LogP contribution in [0.15, 0.2) is 87.2 Å². The van der Waals surface area contributed by atoms with Gasteiger partial charge in [0.1, 0.15) is 6.61 Å². The molecule has 3 aromatic rings. The van der Waals surface area contributed by atoms with Crippen molar-refractivity contribution in [2.45, 2.75) is 13.5 Å². The summed E-state index contributed by atoms with van der Waals surface area (Å²) in [4.78, 5) is 20.2. The quantitative estimate of drug-likeness (QED) is 0.199. The first kappa shape index (κ1) is 25.5. The van der Waals surface area contributed by atoms with Gasteiger partial charge in [-0.1, -0.05) is 60.1 Å². The molecule has 4 rings (SSSR count). The van der Waals surface area contributed by atoms with Crippen molar-refractivity contribution in [1.82, 2.24) is 4.90 Å². The first-order valence-electron chi connectivity index (χ1n) is 11.1. The van der Waals surface area contributed by atoms with Crippen molar-refractivity contribution in [1.29, 1.82) is 0 Å². The Labute approximate surface area is 222 Å². The molecule has 1 fully saturated rings. The summed E-state index contributed by atoms with van der Waals surface area (Å²) in [5, 5.41) is 1.09. The summed E-state index contributed by atoms with van der Waals surface area (Å²) >= 11 is 11.5. The normalized spacial score (nSPS) is 15.9. The number of hydrogen-bond acceptors (Lipinski definition) is 5. The van der Waals surface area contributed by atoms with Crippen LogP contribution in [0.4, 0.5) is 5.69 Å². The molecule has 0 unspecified atom stereocenters. The first-order chi connectivity index (χ1) is 17.0. The fourth-order valence-electron chi connectivity index (χ4n) is 3.38. The van der Waals surface area contributed by atoms with E-state index in [0.29, 0.717) is 47.2 Å². The molecule has 8 heteroatoms. The van der Waals surface area contributed by atoms with Gasteiger partial charge in [-0.05, 0) is 76.1 Å². The highest BCUT2D eigenvalue weighted by Gasteiger charge is 2.33. The van der Waals surface area contributed by atoms with E-state index in [1.807, 2.05) is 79.7 Å². The molecule has 0 bridgehead atoms. The van der Waals surface area contributed by atoms with E-state index in [2.05, 4.69) is 15.9 Å². The third-order valence-corrected chi connectivity index (χ3v) is 6.95. The van der Waals surface area contributed by atoms with Gasteiger partial charge in [0, 0.05) is 6.61 Å². The minimum atomic E-state index is -0.110. The predicted octanol–water partition coefficient (Wildman–Crippen LogP) is 7.32. The van der Waals surface area contributed by atoms with Crippen molar-refractivity contribution in [3.8, 4) is 5.75 Å². The van der Waals surface area contributed by atoms with Crippen LogP contribution >= 0.6 is 39.3 Å². The van der Waals surface area contributed by atoms with Gasteiger partial charge < -0.3 is 9.47 Å². The molecule has 0 aromatic heterocycles. The van der Waals surface area contributed by atoms with E-state index in [1.54, 1.807) is 11.0 Å². The number of benzene rings is 3. The third-order valence-electron chi connectivity index (χ3n) is 5.08. The number of amidine groups is 1. The second-order valence-electron chi connectivity index (χ2n) is 7.58. The number of rotatable bonds is 9. The number of amides is 1. The lowest BCUT2D eigenvalue weighted by Gasteiger charge is -2.15. The minimum Gasteiger partial charge on any atom is -0.486 e. The second-order valence-corrected chi connectivity index (χ2v) is 9.85. The highest BCUT2D eigenvalue weighted by atomic mass is 79.9. The summed E-state index contributed by atoms with van der Waals surface area (Å²) < 4.78 is 12.1. The van der Waals surface area contributed by atoms with Crippen molar-refractivity contribution in [2.24, 2.45) is 4.99 Å². The highest BCUT2D eigenvalue weighted by Crippen LogP contribution is 2.38. The summed E-state index contributed by atoms with van der Waals surface area (Å²) in [6, 6.07) is 23.2. The molecule has 0 saturated carbocycles. The first-order valence-corrected chi connectivity index (χ1v) is 13.1. The number of hydrogen-bond donors (Lipinski definition) is 0. The average molecular weight is 572 g/mol. The molecule has 1 aliphatic rings. The Kier molecular flexibility index (Phi) is 9.04. The van der Waals surface area contributed by atoms with Crippen molar-refractivity contribution in [2.75, 3.05) is 19.8 Å². The number of carbonyl (C=O) groups excluding carboxylic acids is 1. The van der Waals surface area contributed by atoms with Crippen molar-refractivity contribution < 1.29 is 14.3 Å². The van der Waals surface area contributed by atoms with Gasteiger partial charge >= 0.3 is 0 Å². The zero-order chi connectivity index (χ0) is 24.6. The van der Waals surface area contributed by atoms with Gasteiger partial charge in [-0.25, -0.2) is 4.99 Å². The van der Waals surface area contributed by atoms with E-state index in [4.69, 9.17) is 26.1 Å². The average Bonchev–Trinajstić information content (AvgIpc) is 3.14. The number of halogens is 2. The van der Waals surface area contributed by atoms with Gasteiger partial charge in [0.05, 0.1) is 33.2 Å². The molecule has 35 heavy (non-hydrogen) atoms. The van der Waals surface area contributed by atoms with Crippen LogP contribution in [0.2, 0.25) is 5.02 Å². The van der Waals surface area contributed by atoms with Gasteiger partial charge in [0.15, 0.2) is 10.9 Å². The largest absolute Gasteiger partial charge is 0.486 e. The number of carbonyl (C=O) groups is 1. The molecule has 180 valence electrons. The number of nitrogens with zero attached hydrogens (tertiary/aromatic N) is 2. The molecule has 1 aliphatic heterocycles. The number of aliphatic imine (C=N–C) groups is 1. The van der Waals surface area contributed by atoms with Crippen LogP contribution in [0.5, 0.6) is 5.75 Å². The molecule has 1 saturated heterocycles. The van der Waals surface area contributed by atoms with Crippen molar-refractivity contribution >= 4 is 62.1 Å². The second kappa shape index (κ2) is 12.4. The van der Waals surface area contributed by atoms with E-state index >= 15 is 0 Å². The van der Waals surface area contributed by atoms with E-state index in [0.717, 1.165) is 21.3 Å². The number of para-hydroxylation sites is 1. The Bertz CT molecular complexity index is 1210. The smallest absolute Gasteiger partial charge is 0.266 e. The molecule has 0 aliphatic carbocycles. The monoisotopic (exact) mass is 570 g/mol. The molecule has 0 N–H and O–H groups in total. The lowest BCUT2D eigenvalue weighted by atomic mass is 10.2. The fourth-order valence-corrected chi connectivity index (χ4v) is 5.40. The molecule has 3 aromatic carbocycles. The van der Waals surface area contributed by atoms with Crippen LogP contribution in [0.1, 0.15) is 18.1 Å². The molecule has 5 nitrogen and oxygen atoms in total. The SMILES string of the molecule is CCOCCN1C(=O)/C(=C/c2cc(Cl)c(OCc3ccccc3)c(Br)c2)SC1=Nc1ccccc1. The lowest BCUT2D eigenvalue weighted by molar-refractivity contribution is -0.122. The molecule has 0 radical (unpaired) electrons. The van der Waals surface area contributed by atoms with Gasteiger partial charge in [-0.3, -0.25) is 9.69 Å². The van der Waals surface area contributed by atoms with E-state index in [-0.39, 0.29) is 5.91 Å². The highest BCUT2D eigenvalue weighted by molar-refractivity contribution is 9.10. The summed E-state index contributed by atoms with van der Waals surface area (Å²) in [6.07, 6.45) is 1.83. The van der Waals surface area contributed by atoms with E-state index in [1.165, 1.54) is 11.8 Å². The topological polar surface area (TPSA) is 51.1 Å². The summed E-state index contributed by atoms with van der Waals surface area (Å²) in [5.41, 5.74) is 2.62. The molecule has 0 atom stereocenters. The molecule has 0 spiro atoms. The van der Waals surface area contributed by atoms with Gasteiger partial charge in [-0.15, -0.1) is 0 Å². The zero-order valence-corrected chi connectivity index (χ0v) is 22.3. The molecule has 1 heterocycles. The van der Waals surface area contributed by atoms with Crippen LogP contribution in [0.25, 0.3) is 6.08 Å². The fraction of sp³-hybridized carbons (Fsp3) is 0.185. The van der Waals surface area contributed by atoms with Crippen molar-refractivity contribution in [3.05, 3.63) is 98.3 Å². The Morgan fingerprint density at radius 1 is 1.09 bits per heavy atom. The summed E-state index contributed by atoms with van der Waals surface area (Å²) in [5.74, 6) is 0.453. The predicted molar refractivity (Wildman–Crippen MR) is 147 cm³/mol. The molecule has 1 amide bonds. The Morgan fingerprint density at radius 2 is 1.80 bits per heavy atom. The Hall–Kier alpha value is -2.58. The van der Waals surface area contributed by atoms with Crippen LogP contribution in [0, 0.1) is 0 Å². The van der Waals surface area contributed by atoms with E-state index < -0.39 is 0 Å². The maximum atomic E-state index is 13.2. The Morgan fingerprint density at radius 3 is 2.49 bits per heavy atom. The minimum absolute atomic E-state index is 0.110. The van der Waals surface area contributed by atoms with Crippen LogP contribution in [-0.4, -0.2) is 35.7 Å². The number of ether oxygens (including phenoxy) is 2.